The molecule has 4 aromatic rings. The summed E-state index contributed by atoms with van der Waals surface area (Å²) in [5.41, 5.74) is 7.67. The number of nitrogens with zero attached hydrogens (tertiary/aromatic N) is 5. The Morgan fingerprint density at radius 2 is 1.90 bits per heavy atom. The van der Waals surface area contributed by atoms with Gasteiger partial charge in [-0.1, -0.05) is 18.7 Å². The van der Waals surface area contributed by atoms with Crippen molar-refractivity contribution < 1.29 is 0 Å². The van der Waals surface area contributed by atoms with Crippen LogP contribution in [0.5, 0.6) is 0 Å². The van der Waals surface area contributed by atoms with Crippen LogP contribution in [-0.2, 0) is 20.0 Å². The van der Waals surface area contributed by atoms with Crippen molar-refractivity contribution in [2.75, 3.05) is 18.9 Å². The molecule has 6 heteroatoms. The number of hydrogen-bond donors (Lipinski definition) is 1. The Hall–Kier alpha value is -3.51. The fraction of sp³-hybridized carbons (Fsp3) is 0.208. The Morgan fingerprint density at radius 3 is 2.73 bits per heavy atom. The van der Waals surface area contributed by atoms with Crippen LogP contribution in [0.1, 0.15) is 16.7 Å². The molecule has 0 bridgehead atoms. The van der Waals surface area contributed by atoms with Crippen molar-refractivity contribution >= 4 is 22.4 Å². The van der Waals surface area contributed by atoms with Crippen LogP contribution in [0.4, 0.5) is 5.82 Å². The monoisotopic (exact) mass is 396 g/mol. The van der Waals surface area contributed by atoms with E-state index in [0.29, 0.717) is 0 Å². The molecule has 0 fully saturated rings. The zero-order valence-electron chi connectivity index (χ0n) is 17.3. The Balaban J connectivity index is 1.41. The summed E-state index contributed by atoms with van der Waals surface area (Å²) < 4.78 is 1.79. The Morgan fingerprint density at radius 1 is 1.00 bits per heavy atom. The average Bonchev–Trinajstić information content (AvgIpc) is 3.19. The van der Waals surface area contributed by atoms with Gasteiger partial charge in [-0.05, 0) is 48.4 Å². The predicted octanol–water partition coefficient (Wildman–Crippen LogP) is 4.10. The quantitative estimate of drug-likeness (QED) is 0.563. The third-order valence-corrected chi connectivity index (χ3v) is 5.64. The maximum absolute atomic E-state index is 4.55. The molecule has 30 heavy (non-hydrogen) atoms. The first-order valence-electron chi connectivity index (χ1n) is 10.1. The van der Waals surface area contributed by atoms with E-state index in [4.69, 9.17) is 0 Å². The fourth-order valence-corrected chi connectivity index (χ4v) is 3.94. The predicted molar refractivity (Wildman–Crippen MR) is 121 cm³/mol. The third-order valence-electron chi connectivity index (χ3n) is 5.64. The lowest BCUT2D eigenvalue weighted by molar-refractivity contribution is 0.313. The normalized spacial score (nSPS) is 13.9. The smallest absolute Gasteiger partial charge is 0.131 e. The molecule has 0 saturated heterocycles. The van der Waals surface area contributed by atoms with E-state index in [1.54, 1.807) is 10.9 Å². The molecule has 5 rings (SSSR count). The van der Waals surface area contributed by atoms with Crippen molar-refractivity contribution in [3.8, 4) is 11.1 Å². The lowest BCUT2D eigenvalue weighted by Crippen LogP contribution is -2.26. The van der Waals surface area contributed by atoms with Crippen LogP contribution in [-0.4, -0.2) is 38.2 Å². The summed E-state index contributed by atoms with van der Waals surface area (Å²) in [4.78, 5) is 11.4. The minimum absolute atomic E-state index is 0.757. The summed E-state index contributed by atoms with van der Waals surface area (Å²) in [7, 11) is 4.07. The molecule has 1 N–H and O–H groups in total. The average molecular weight is 396 g/mol. The van der Waals surface area contributed by atoms with Gasteiger partial charge in [-0.15, -0.1) is 0 Å². The van der Waals surface area contributed by atoms with Crippen molar-refractivity contribution in [3.63, 3.8) is 0 Å². The molecule has 150 valence electrons. The van der Waals surface area contributed by atoms with Crippen LogP contribution >= 0.6 is 0 Å². The molecule has 0 atom stereocenters. The van der Waals surface area contributed by atoms with E-state index < -0.39 is 0 Å². The van der Waals surface area contributed by atoms with Crippen molar-refractivity contribution in [2.45, 2.75) is 13.0 Å². The molecule has 0 saturated carbocycles. The van der Waals surface area contributed by atoms with E-state index in [-0.39, 0.29) is 0 Å². The molecule has 3 aromatic heterocycles. The summed E-state index contributed by atoms with van der Waals surface area (Å²) in [5, 5.41) is 8.64. The number of likely N-dealkylation sites (N-methyl/N-ethyl adjacent to an activating group) is 1. The second-order valence-corrected chi connectivity index (χ2v) is 7.96. The molecule has 0 unspecified atom stereocenters. The molecule has 4 heterocycles. The van der Waals surface area contributed by atoms with Crippen LogP contribution in [0.2, 0.25) is 0 Å². The van der Waals surface area contributed by atoms with Crippen molar-refractivity contribution in [1.29, 1.82) is 0 Å². The highest BCUT2D eigenvalue weighted by Gasteiger charge is 2.14. The number of rotatable bonds is 4. The number of aromatic nitrogens is 4. The van der Waals surface area contributed by atoms with Gasteiger partial charge in [-0.25, -0.2) is 4.98 Å². The first kappa shape index (κ1) is 18.5. The summed E-state index contributed by atoms with van der Waals surface area (Å²) in [5.74, 6) is 0.757. The summed E-state index contributed by atoms with van der Waals surface area (Å²) in [6, 6.07) is 10.7. The Kier molecular flexibility index (Phi) is 4.56. The zero-order valence-corrected chi connectivity index (χ0v) is 17.3. The van der Waals surface area contributed by atoms with Gasteiger partial charge < -0.3 is 10.2 Å². The van der Waals surface area contributed by atoms with Gasteiger partial charge in [0.1, 0.15) is 5.82 Å². The van der Waals surface area contributed by atoms with Gasteiger partial charge in [-0.2, -0.15) is 5.10 Å². The lowest BCUT2D eigenvalue weighted by Gasteiger charge is -2.25. The van der Waals surface area contributed by atoms with Crippen LogP contribution in [0.15, 0.2) is 61.7 Å². The van der Waals surface area contributed by atoms with E-state index in [1.807, 2.05) is 31.7 Å². The topological polar surface area (TPSA) is 58.9 Å². The second-order valence-electron chi connectivity index (χ2n) is 7.96. The van der Waals surface area contributed by atoms with Crippen molar-refractivity contribution in [3.05, 3.63) is 78.4 Å². The number of fused-ring (bicyclic) bond motifs is 2. The first-order chi connectivity index (χ1) is 14.5. The first-order valence-corrected chi connectivity index (χ1v) is 10.1. The highest BCUT2D eigenvalue weighted by Crippen LogP contribution is 2.26. The van der Waals surface area contributed by atoms with Gasteiger partial charge in [0.2, 0.25) is 0 Å². The van der Waals surface area contributed by atoms with Crippen LogP contribution in [0.25, 0.3) is 27.7 Å². The van der Waals surface area contributed by atoms with Crippen LogP contribution in [0, 0.1) is 0 Å². The number of benzene rings is 1. The molecule has 0 radical (unpaired) electrons. The van der Waals surface area contributed by atoms with E-state index in [9.17, 15) is 0 Å². The Bertz CT molecular complexity index is 1260. The highest BCUT2D eigenvalue weighted by molar-refractivity contribution is 5.86. The lowest BCUT2D eigenvalue weighted by atomic mass is 9.97. The van der Waals surface area contributed by atoms with Crippen molar-refractivity contribution in [1.82, 2.24) is 24.6 Å². The molecule has 0 aliphatic carbocycles. The number of nitrogens with one attached hydrogen (secondary N) is 1. The van der Waals surface area contributed by atoms with Gasteiger partial charge in [0, 0.05) is 54.7 Å². The number of anilines is 1. The van der Waals surface area contributed by atoms with Gasteiger partial charge in [0.25, 0.3) is 0 Å². The minimum Gasteiger partial charge on any atom is -0.340 e. The molecular weight excluding hydrogens is 372 g/mol. The van der Waals surface area contributed by atoms with Gasteiger partial charge >= 0.3 is 0 Å². The maximum atomic E-state index is 4.55. The molecule has 6 nitrogen and oxygen atoms in total. The number of hydrogen-bond acceptors (Lipinski definition) is 5. The standard InChI is InChI=1S/C24H24N6/c1-16(18-5-4-17-6-7-29(2)14-21(17)8-18)28-24-10-19-9-20(11-25-23(19)13-26-24)22-12-27-30(3)15-22/h4-5,8-13,15H,1,6-7,14H2,2-3H3,(H,26,28). The second kappa shape index (κ2) is 7.39. The van der Waals surface area contributed by atoms with Crippen molar-refractivity contribution in [2.24, 2.45) is 7.05 Å². The van der Waals surface area contributed by atoms with E-state index in [1.165, 1.54) is 11.1 Å². The van der Waals surface area contributed by atoms with Crippen LogP contribution in [0.3, 0.4) is 0 Å². The molecular formula is C24H24N6. The summed E-state index contributed by atoms with van der Waals surface area (Å²) in [6.07, 6.45) is 8.58. The van der Waals surface area contributed by atoms with Crippen LogP contribution < -0.4 is 5.32 Å². The SMILES string of the molecule is C=C(Nc1cc2cc(-c3cnn(C)c3)cnc2cn1)c1ccc2c(c1)CN(C)CC2. The number of pyridine rings is 2. The van der Waals surface area contributed by atoms with Gasteiger partial charge in [-0.3, -0.25) is 9.67 Å². The number of aryl methyl sites for hydroxylation is 1. The molecule has 1 aliphatic rings. The minimum atomic E-state index is 0.757. The van der Waals surface area contributed by atoms with E-state index >= 15 is 0 Å². The zero-order chi connectivity index (χ0) is 20.7. The Labute approximate surface area is 175 Å². The summed E-state index contributed by atoms with van der Waals surface area (Å²) >= 11 is 0. The maximum Gasteiger partial charge on any atom is 0.131 e. The summed E-state index contributed by atoms with van der Waals surface area (Å²) in [6.45, 7) is 6.34. The van der Waals surface area contributed by atoms with Gasteiger partial charge in [0.15, 0.2) is 0 Å². The largest absolute Gasteiger partial charge is 0.340 e. The molecule has 1 aliphatic heterocycles. The molecule has 0 amide bonds. The fourth-order valence-electron chi connectivity index (χ4n) is 3.94. The van der Waals surface area contributed by atoms with Gasteiger partial charge in [0.05, 0.1) is 17.9 Å². The van der Waals surface area contributed by atoms with E-state index in [0.717, 1.165) is 58.6 Å². The molecule has 1 aromatic carbocycles. The van der Waals surface area contributed by atoms with E-state index in [2.05, 4.69) is 63.2 Å². The highest BCUT2D eigenvalue weighted by atomic mass is 15.2. The molecule has 0 spiro atoms. The third kappa shape index (κ3) is 3.57.